The van der Waals surface area contributed by atoms with E-state index in [9.17, 15) is 18.0 Å². The number of amides is 2. The van der Waals surface area contributed by atoms with Crippen molar-refractivity contribution in [1.82, 2.24) is 10.2 Å². The van der Waals surface area contributed by atoms with Gasteiger partial charge in [0.25, 0.3) is 10.0 Å². The molecule has 8 heteroatoms. The number of nitrogens with zero attached hydrogens (tertiary/aromatic N) is 2. The van der Waals surface area contributed by atoms with E-state index in [1.165, 1.54) is 4.31 Å². The summed E-state index contributed by atoms with van der Waals surface area (Å²) in [6.07, 6.45) is 5.02. The van der Waals surface area contributed by atoms with Gasteiger partial charge in [-0.15, -0.1) is 0 Å². The predicted octanol–water partition coefficient (Wildman–Crippen LogP) is 5.72. The molecule has 1 aliphatic rings. The molecule has 1 saturated carbocycles. The smallest absolute Gasteiger partial charge is 0.264 e. The topological polar surface area (TPSA) is 86.8 Å². The third-order valence-electron chi connectivity index (χ3n) is 8.08. The molecular formula is C34H43N3O4S. The first-order valence-electron chi connectivity index (χ1n) is 14.9. The zero-order valence-electron chi connectivity index (χ0n) is 25.2. The van der Waals surface area contributed by atoms with Crippen LogP contribution in [0.15, 0.2) is 77.7 Å². The molecule has 0 radical (unpaired) electrons. The molecule has 0 heterocycles. The fourth-order valence-electron chi connectivity index (χ4n) is 5.70. The molecule has 2 amide bonds. The fraction of sp³-hybridized carbons (Fsp3) is 0.412. The lowest BCUT2D eigenvalue weighted by Crippen LogP contribution is -2.54. The number of sulfonamides is 1. The van der Waals surface area contributed by atoms with Crippen molar-refractivity contribution in [1.29, 1.82) is 0 Å². The Balaban J connectivity index is 1.70. The first-order valence-corrected chi connectivity index (χ1v) is 16.3. The van der Waals surface area contributed by atoms with E-state index < -0.39 is 28.5 Å². The quantitative estimate of drug-likeness (QED) is 0.293. The second-order valence-electron chi connectivity index (χ2n) is 11.4. The number of carbonyl (C=O) groups is 2. The van der Waals surface area contributed by atoms with Crippen LogP contribution in [0.4, 0.5) is 5.69 Å². The number of nitrogens with one attached hydrogen (secondary N) is 1. The summed E-state index contributed by atoms with van der Waals surface area (Å²) in [6.45, 7) is 7.47. The molecule has 1 N–H and O–H groups in total. The standard InChI is InChI=1S/C34H43N3O4S/c1-5-31(34(39)35-29-13-9-10-14-29)36(22-21-28-11-7-6-8-12-28)33(38)24-37(32-20-17-26(3)23-27(32)4)42(40,41)30-18-15-25(2)16-19-30/h6-8,11-12,15-20,23,29,31H,5,9-10,13-14,21-22,24H2,1-4H3,(H,35,39)/t31-/m1/s1. The summed E-state index contributed by atoms with van der Waals surface area (Å²) in [4.78, 5) is 29.5. The molecule has 0 spiro atoms. The van der Waals surface area contributed by atoms with Crippen LogP contribution in [0.3, 0.4) is 0 Å². The Hall–Kier alpha value is -3.65. The minimum Gasteiger partial charge on any atom is -0.352 e. The zero-order valence-corrected chi connectivity index (χ0v) is 26.0. The molecule has 1 aliphatic carbocycles. The van der Waals surface area contributed by atoms with Crippen LogP contribution in [-0.4, -0.2) is 50.3 Å². The van der Waals surface area contributed by atoms with Crippen molar-refractivity contribution < 1.29 is 18.0 Å². The van der Waals surface area contributed by atoms with Gasteiger partial charge in [-0.05, 0) is 75.8 Å². The number of aryl methyl sites for hydroxylation is 3. The van der Waals surface area contributed by atoms with Crippen molar-refractivity contribution in [2.45, 2.75) is 83.2 Å². The van der Waals surface area contributed by atoms with Crippen molar-refractivity contribution in [2.75, 3.05) is 17.4 Å². The number of hydrogen-bond donors (Lipinski definition) is 1. The van der Waals surface area contributed by atoms with Gasteiger partial charge in [-0.3, -0.25) is 13.9 Å². The number of anilines is 1. The van der Waals surface area contributed by atoms with Gasteiger partial charge in [0.2, 0.25) is 11.8 Å². The van der Waals surface area contributed by atoms with Crippen molar-refractivity contribution in [3.05, 3.63) is 95.1 Å². The number of benzene rings is 3. The third kappa shape index (κ3) is 7.59. The molecule has 1 atom stereocenters. The molecular weight excluding hydrogens is 546 g/mol. The monoisotopic (exact) mass is 589 g/mol. The molecule has 0 saturated heterocycles. The highest BCUT2D eigenvalue weighted by molar-refractivity contribution is 7.92. The Kier molecular flexibility index (Phi) is 10.4. The summed E-state index contributed by atoms with van der Waals surface area (Å²) in [6, 6.07) is 21.4. The maximum absolute atomic E-state index is 14.2. The molecule has 0 aliphatic heterocycles. The highest BCUT2D eigenvalue weighted by Crippen LogP contribution is 2.28. The summed E-state index contributed by atoms with van der Waals surface area (Å²) in [5.74, 6) is -0.583. The summed E-state index contributed by atoms with van der Waals surface area (Å²) < 4.78 is 29.4. The van der Waals surface area contributed by atoms with Crippen LogP contribution in [0.5, 0.6) is 0 Å². The Morgan fingerprint density at radius 1 is 0.905 bits per heavy atom. The lowest BCUT2D eigenvalue weighted by molar-refractivity contribution is -0.139. The first kappa shape index (κ1) is 31.3. The summed E-state index contributed by atoms with van der Waals surface area (Å²) >= 11 is 0. The molecule has 4 rings (SSSR count). The molecule has 0 bridgehead atoms. The Labute approximate surface area is 251 Å². The van der Waals surface area contributed by atoms with Gasteiger partial charge >= 0.3 is 0 Å². The van der Waals surface area contributed by atoms with Crippen LogP contribution in [0.2, 0.25) is 0 Å². The molecule has 42 heavy (non-hydrogen) atoms. The van der Waals surface area contributed by atoms with E-state index in [-0.39, 0.29) is 16.8 Å². The molecule has 0 aromatic heterocycles. The van der Waals surface area contributed by atoms with E-state index in [0.29, 0.717) is 25.1 Å². The Bertz CT molecular complexity index is 1470. The Morgan fingerprint density at radius 2 is 1.55 bits per heavy atom. The molecule has 0 unspecified atom stereocenters. The molecule has 224 valence electrons. The maximum Gasteiger partial charge on any atom is 0.264 e. The van der Waals surface area contributed by atoms with Crippen LogP contribution in [0.25, 0.3) is 0 Å². The van der Waals surface area contributed by atoms with Gasteiger partial charge in [0, 0.05) is 12.6 Å². The average molecular weight is 590 g/mol. The van der Waals surface area contributed by atoms with Crippen molar-refractivity contribution in [3.63, 3.8) is 0 Å². The van der Waals surface area contributed by atoms with Gasteiger partial charge in [0.05, 0.1) is 10.6 Å². The van der Waals surface area contributed by atoms with Gasteiger partial charge in [-0.1, -0.05) is 85.5 Å². The van der Waals surface area contributed by atoms with E-state index in [2.05, 4.69) is 5.32 Å². The number of hydrogen-bond acceptors (Lipinski definition) is 4. The average Bonchev–Trinajstić information content (AvgIpc) is 3.48. The van der Waals surface area contributed by atoms with Crippen molar-refractivity contribution in [2.24, 2.45) is 0 Å². The number of rotatable bonds is 12. The normalized spacial score (nSPS) is 14.4. The predicted molar refractivity (Wildman–Crippen MR) is 168 cm³/mol. The molecule has 3 aromatic carbocycles. The lowest BCUT2D eigenvalue weighted by atomic mass is 10.1. The van der Waals surface area contributed by atoms with E-state index in [4.69, 9.17) is 0 Å². The SMILES string of the molecule is CC[C@H](C(=O)NC1CCCC1)N(CCc1ccccc1)C(=O)CN(c1ccc(C)cc1C)S(=O)(=O)c1ccc(C)cc1. The van der Waals surface area contributed by atoms with Gasteiger partial charge in [-0.25, -0.2) is 8.42 Å². The minimum absolute atomic E-state index is 0.114. The third-order valence-corrected chi connectivity index (χ3v) is 9.85. The lowest BCUT2D eigenvalue weighted by Gasteiger charge is -2.34. The van der Waals surface area contributed by atoms with Crippen LogP contribution >= 0.6 is 0 Å². The summed E-state index contributed by atoms with van der Waals surface area (Å²) in [7, 11) is -4.09. The van der Waals surface area contributed by atoms with E-state index in [0.717, 1.165) is 47.9 Å². The second-order valence-corrected chi connectivity index (χ2v) is 13.2. The molecule has 1 fully saturated rings. The van der Waals surface area contributed by atoms with Crippen molar-refractivity contribution in [3.8, 4) is 0 Å². The van der Waals surface area contributed by atoms with Gasteiger partial charge in [0.1, 0.15) is 12.6 Å². The van der Waals surface area contributed by atoms with Crippen molar-refractivity contribution >= 4 is 27.5 Å². The highest BCUT2D eigenvalue weighted by Gasteiger charge is 2.34. The fourth-order valence-corrected chi connectivity index (χ4v) is 7.18. The molecule has 3 aromatic rings. The first-order chi connectivity index (χ1) is 20.1. The van der Waals surface area contributed by atoms with E-state index >= 15 is 0 Å². The van der Waals surface area contributed by atoms with Crippen LogP contribution in [-0.2, 0) is 26.0 Å². The van der Waals surface area contributed by atoms with Gasteiger partial charge < -0.3 is 10.2 Å². The minimum atomic E-state index is -4.09. The summed E-state index contributed by atoms with van der Waals surface area (Å²) in [5, 5.41) is 3.16. The summed E-state index contributed by atoms with van der Waals surface area (Å²) in [5.41, 5.74) is 4.17. The van der Waals surface area contributed by atoms with Gasteiger partial charge in [0.15, 0.2) is 0 Å². The van der Waals surface area contributed by atoms with Crippen LogP contribution < -0.4 is 9.62 Å². The molecule has 7 nitrogen and oxygen atoms in total. The van der Waals surface area contributed by atoms with E-state index in [1.807, 2.05) is 70.2 Å². The maximum atomic E-state index is 14.2. The number of carbonyl (C=O) groups excluding carboxylic acids is 2. The van der Waals surface area contributed by atoms with E-state index in [1.54, 1.807) is 35.2 Å². The largest absolute Gasteiger partial charge is 0.352 e. The zero-order chi connectivity index (χ0) is 30.3. The van der Waals surface area contributed by atoms with Gasteiger partial charge in [-0.2, -0.15) is 0 Å². The second kappa shape index (κ2) is 14.0. The van der Waals surface area contributed by atoms with Crippen LogP contribution in [0, 0.1) is 20.8 Å². The van der Waals surface area contributed by atoms with Crippen LogP contribution in [0.1, 0.15) is 61.3 Å². The highest BCUT2D eigenvalue weighted by atomic mass is 32.2. The Morgan fingerprint density at radius 3 is 2.17 bits per heavy atom.